The second kappa shape index (κ2) is 11.4. The van der Waals surface area contributed by atoms with E-state index in [1.165, 1.54) is 26.3 Å². The molecule has 1 N–H and O–H groups in total. The molecule has 0 radical (unpaired) electrons. The molecule has 32 heavy (non-hydrogen) atoms. The van der Waals surface area contributed by atoms with Crippen LogP contribution in [0.5, 0.6) is 11.5 Å². The van der Waals surface area contributed by atoms with E-state index in [1.807, 2.05) is 0 Å². The van der Waals surface area contributed by atoms with Gasteiger partial charge in [0.25, 0.3) is 5.91 Å². The summed E-state index contributed by atoms with van der Waals surface area (Å²) in [6, 6.07) is 0.259. The summed E-state index contributed by atoms with van der Waals surface area (Å²) < 4.78 is 26.5. The van der Waals surface area contributed by atoms with Crippen molar-refractivity contribution in [3.8, 4) is 11.5 Å². The fourth-order valence-corrected chi connectivity index (χ4v) is 2.81. The quantitative estimate of drug-likeness (QED) is 0.623. The Morgan fingerprint density at radius 1 is 1.28 bits per heavy atom. The Bertz CT molecular complexity index is 856. The number of methoxy groups -OCH3 is 1. The van der Waals surface area contributed by atoms with Gasteiger partial charge >= 0.3 is 17.9 Å². The first-order valence-electron chi connectivity index (χ1n) is 10.1. The highest BCUT2D eigenvalue weighted by Crippen LogP contribution is 2.29. The standard InChI is InChI=1S/C21H28N2O9/c1-11(2)20(26)32-15-7-9-29-10-14(21(27)30-12(15)3)23-19(25)17-18(31-13(4)24)16(28-5)6-8-22-17/h6,8,11-12,14-15H,7,9-10H2,1-5H3,(H,23,25)/t12-,14-,15+/m0/s1. The monoisotopic (exact) mass is 452 g/mol. The van der Waals surface area contributed by atoms with E-state index < -0.39 is 42.1 Å². The summed E-state index contributed by atoms with van der Waals surface area (Å²) in [7, 11) is 1.34. The van der Waals surface area contributed by atoms with Crippen molar-refractivity contribution >= 4 is 23.8 Å². The number of ether oxygens (including phenoxy) is 5. The van der Waals surface area contributed by atoms with Crippen LogP contribution in [0.3, 0.4) is 0 Å². The molecule has 0 saturated carbocycles. The Labute approximate surface area is 185 Å². The molecule has 1 amide bonds. The van der Waals surface area contributed by atoms with Crippen LogP contribution in [-0.2, 0) is 28.6 Å². The van der Waals surface area contributed by atoms with Crippen LogP contribution in [0.25, 0.3) is 0 Å². The zero-order valence-corrected chi connectivity index (χ0v) is 18.7. The lowest BCUT2D eigenvalue weighted by Gasteiger charge is -2.24. The van der Waals surface area contributed by atoms with Crippen molar-refractivity contribution in [3.63, 3.8) is 0 Å². The van der Waals surface area contributed by atoms with Gasteiger partial charge in [-0.25, -0.2) is 9.78 Å². The number of pyridine rings is 1. The summed E-state index contributed by atoms with van der Waals surface area (Å²) in [5, 5.41) is 2.48. The van der Waals surface area contributed by atoms with E-state index in [-0.39, 0.29) is 36.3 Å². The van der Waals surface area contributed by atoms with Crippen molar-refractivity contribution in [2.75, 3.05) is 20.3 Å². The summed E-state index contributed by atoms with van der Waals surface area (Å²) in [5.74, 6) is -3.03. The molecule has 1 aromatic rings. The van der Waals surface area contributed by atoms with Gasteiger partial charge in [-0.1, -0.05) is 13.8 Å². The van der Waals surface area contributed by atoms with Gasteiger partial charge in [0.15, 0.2) is 17.5 Å². The second-order valence-electron chi connectivity index (χ2n) is 7.45. The summed E-state index contributed by atoms with van der Waals surface area (Å²) in [5.41, 5.74) is -0.246. The van der Waals surface area contributed by atoms with Gasteiger partial charge in [-0.3, -0.25) is 14.4 Å². The number of aromatic nitrogens is 1. The van der Waals surface area contributed by atoms with E-state index in [2.05, 4.69) is 10.3 Å². The van der Waals surface area contributed by atoms with Gasteiger partial charge in [-0.15, -0.1) is 0 Å². The molecule has 0 spiro atoms. The zero-order valence-electron chi connectivity index (χ0n) is 18.7. The molecule has 11 heteroatoms. The maximum Gasteiger partial charge on any atom is 0.331 e. The Hall–Kier alpha value is -3.21. The molecule has 1 fully saturated rings. The summed E-state index contributed by atoms with van der Waals surface area (Å²) in [4.78, 5) is 52.8. The molecule has 0 bridgehead atoms. The summed E-state index contributed by atoms with van der Waals surface area (Å²) in [6.07, 6.45) is 0.188. The number of nitrogens with one attached hydrogen (secondary N) is 1. The number of rotatable bonds is 6. The average molecular weight is 452 g/mol. The van der Waals surface area contributed by atoms with Crippen LogP contribution in [-0.4, -0.2) is 67.4 Å². The molecule has 176 valence electrons. The summed E-state index contributed by atoms with van der Waals surface area (Å²) >= 11 is 0. The van der Waals surface area contributed by atoms with Crippen LogP contribution >= 0.6 is 0 Å². The smallest absolute Gasteiger partial charge is 0.331 e. The Kier molecular flexibility index (Phi) is 8.94. The minimum absolute atomic E-state index is 0.122. The number of hydrogen-bond donors (Lipinski definition) is 1. The number of carbonyl (C=O) groups excluding carboxylic acids is 4. The van der Waals surface area contributed by atoms with Gasteiger partial charge < -0.3 is 29.0 Å². The van der Waals surface area contributed by atoms with Crippen molar-refractivity contribution in [2.24, 2.45) is 5.92 Å². The molecule has 11 nitrogen and oxygen atoms in total. The predicted molar refractivity (Wildman–Crippen MR) is 109 cm³/mol. The highest BCUT2D eigenvalue weighted by Gasteiger charge is 2.33. The van der Waals surface area contributed by atoms with E-state index in [4.69, 9.17) is 23.7 Å². The van der Waals surface area contributed by atoms with E-state index in [9.17, 15) is 19.2 Å². The number of esters is 3. The van der Waals surface area contributed by atoms with Crippen LogP contribution in [0.4, 0.5) is 0 Å². The first-order chi connectivity index (χ1) is 15.1. The third-order valence-corrected chi connectivity index (χ3v) is 4.53. The predicted octanol–water partition coefficient (Wildman–Crippen LogP) is 1.03. The maximum absolute atomic E-state index is 12.8. The molecule has 1 aliphatic rings. The van der Waals surface area contributed by atoms with Crippen LogP contribution in [0.1, 0.15) is 44.6 Å². The first kappa shape index (κ1) is 25.1. The van der Waals surface area contributed by atoms with Crippen LogP contribution in [0.15, 0.2) is 12.3 Å². The molecule has 0 aromatic carbocycles. The third kappa shape index (κ3) is 6.64. The molecule has 2 rings (SSSR count). The van der Waals surface area contributed by atoms with Crippen molar-refractivity contribution in [1.82, 2.24) is 10.3 Å². The molecule has 1 aromatic heterocycles. The lowest BCUT2D eigenvalue weighted by Crippen LogP contribution is -2.46. The van der Waals surface area contributed by atoms with E-state index >= 15 is 0 Å². The number of amides is 1. The number of cyclic esters (lactones) is 1. The van der Waals surface area contributed by atoms with Crippen LogP contribution in [0, 0.1) is 5.92 Å². The number of hydrogen-bond acceptors (Lipinski definition) is 10. The molecule has 0 aliphatic carbocycles. The van der Waals surface area contributed by atoms with Gasteiger partial charge in [0.1, 0.15) is 12.2 Å². The molecule has 3 atom stereocenters. The van der Waals surface area contributed by atoms with Crippen LogP contribution in [0.2, 0.25) is 0 Å². The van der Waals surface area contributed by atoms with Crippen molar-refractivity contribution in [2.45, 2.75) is 52.4 Å². The van der Waals surface area contributed by atoms with Crippen molar-refractivity contribution in [3.05, 3.63) is 18.0 Å². The first-order valence-corrected chi connectivity index (χ1v) is 10.1. The lowest BCUT2D eigenvalue weighted by atomic mass is 10.1. The molecular formula is C21H28N2O9. The topological polar surface area (TPSA) is 139 Å². The van der Waals surface area contributed by atoms with Gasteiger partial charge in [-0.05, 0) is 6.92 Å². The van der Waals surface area contributed by atoms with Gasteiger partial charge in [-0.2, -0.15) is 0 Å². The second-order valence-corrected chi connectivity index (χ2v) is 7.45. The Balaban J connectivity index is 2.16. The van der Waals surface area contributed by atoms with Crippen molar-refractivity contribution < 1.29 is 42.9 Å². The van der Waals surface area contributed by atoms with Gasteiger partial charge in [0.05, 0.1) is 26.2 Å². The van der Waals surface area contributed by atoms with Crippen LogP contribution < -0.4 is 14.8 Å². The summed E-state index contributed by atoms with van der Waals surface area (Å²) in [6.45, 7) is 6.18. The zero-order chi connectivity index (χ0) is 23.8. The third-order valence-electron chi connectivity index (χ3n) is 4.53. The van der Waals surface area contributed by atoms with Gasteiger partial charge in [0.2, 0.25) is 5.75 Å². The number of carbonyl (C=O) groups is 4. The average Bonchev–Trinajstić information content (AvgIpc) is 2.79. The molecule has 0 unspecified atom stereocenters. The molecular weight excluding hydrogens is 424 g/mol. The Morgan fingerprint density at radius 2 is 2.00 bits per heavy atom. The SMILES string of the molecule is COc1ccnc(C(=O)N[C@H]2COCC[C@@H](OC(=O)C(C)C)[C@H](C)OC2=O)c1OC(C)=O. The van der Waals surface area contributed by atoms with E-state index in [1.54, 1.807) is 20.8 Å². The maximum atomic E-state index is 12.8. The molecule has 1 saturated heterocycles. The lowest BCUT2D eigenvalue weighted by molar-refractivity contribution is -0.169. The van der Waals surface area contributed by atoms with Gasteiger partial charge in [0, 0.05) is 25.6 Å². The van der Waals surface area contributed by atoms with E-state index in [0.717, 1.165) is 0 Å². The molecule has 1 aliphatic heterocycles. The fourth-order valence-electron chi connectivity index (χ4n) is 2.81. The Morgan fingerprint density at radius 3 is 2.62 bits per heavy atom. The highest BCUT2D eigenvalue weighted by atomic mass is 16.6. The minimum Gasteiger partial charge on any atom is -0.493 e. The fraction of sp³-hybridized carbons (Fsp3) is 0.571. The number of nitrogens with zero attached hydrogens (tertiary/aromatic N) is 1. The van der Waals surface area contributed by atoms with E-state index in [0.29, 0.717) is 6.42 Å². The van der Waals surface area contributed by atoms with Crippen molar-refractivity contribution in [1.29, 1.82) is 0 Å². The molecule has 2 heterocycles. The largest absolute Gasteiger partial charge is 0.493 e. The highest BCUT2D eigenvalue weighted by molar-refractivity contribution is 5.98. The minimum atomic E-state index is -1.16. The normalized spacial score (nSPS) is 21.4.